The molecule has 0 radical (unpaired) electrons. The van der Waals surface area contributed by atoms with Crippen molar-refractivity contribution in [3.05, 3.63) is 28.2 Å². The van der Waals surface area contributed by atoms with Crippen LogP contribution in [-0.2, 0) is 6.54 Å². The van der Waals surface area contributed by atoms with Crippen LogP contribution < -0.4 is 10.9 Å². The average molecular weight is 293 g/mol. The van der Waals surface area contributed by atoms with E-state index in [1.165, 1.54) is 16.8 Å². The summed E-state index contributed by atoms with van der Waals surface area (Å²) in [6, 6.07) is 2.81. The lowest BCUT2D eigenvalue weighted by atomic mass is 9.82. The van der Waals surface area contributed by atoms with Crippen LogP contribution in [0.4, 0.5) is 0 Å². The Balaban J connectivity index is 2.15. The fourth-order valence-electron chi connectivity index (χ4n) is 2.80. The Morgan fingerprint density at radius 3 is 2.71 bits per heavy atom. The Bertz CT molecular complexity index is 547. The summed E-state index contributed by atoms with van der Waals surface area (Å²) in [6.07, 6.45) is 5.48. The van der Waals surface area contributed by atoms with Gasteiger partial charge in [-0.15, -0.1) is 0 Å². The number of hydrogen-bond donors (Lipinski definition) is 2. The van der Waals surface area contributed by atoms with Gasteiger partial charge in [0.1, 0.15) is 5.69 Å². The van der Waals surface area contributed by atoms with Gasteiger partial charge in [0.15, 0.2) is 0 Å². The molecule has 0 atom stereocenters. The van der Waals surface area contributed by atoms with Crippen molar-refractivity contribution in [2.45, 2.75) is 57.5 Å². The van der Waals surface area contributed by atoms with E-state index in [1.807, 2.05) is 6.92 Å². The Morgan fingerprint density at radius 2 is 2.10 bits per heavy atom. The fraction of sp³-hybridized carbons (Fsp3) is 0.667. The molecule has 1 aromatic rings. The number of aliphatic hydroxyl groups is 1. The van der Waals surface area contributed by atoms with Crippen LogP contribution in [0.2, 0.25) is 0 Å². The van der Waals surface area contributed by atoms with E-state index < -0.39 is 5.54 Å². The van der Waals surface area contributed by atoms with E-state index >= 15 is 0 Å². The van der Waals surface area contributed by atoms with Crippen LogP contribution in [-0.4, -0.2) is 32.9 Å². The Kier molecular flexibility index (Phi) is 5.12. The maximum Gasteiger partial charge on any atom is 0.272 e. The van der Waals surface area contributed by atoms with Crippen LogP contribution in [0, 0.1) is 0 Å². The summed E-state index contributed by atoms with van der Waals surface area (Å²) in [5.74, 6) is -0.323. The maximum absolute atomic E-state index is 12.3. The molecule has 0 saturated heterocycles. The lowest BCUT2D eigenvalue weighted by Crippen LogP contribution is -2.52. The van der Waals surface area contributed by atoms with Gasteiger partial charge in [-0.3, -0.25) is 9.59 Å². The molecular weight excluding hydrogens is 270 g/mol. The number of rotatable bonds is 5. The number of aryl methyl sites for hydroxylation is 1. The van der Waals surface area contributed by atoms with Gasteiger partial charge < -0.3 is 10.4 Å². The zero-order valence-corrected chi connectivity index (χ0v) is 12.5. The summed E-state index contributed by atoms with van der Waals surface area (Å²) >= 11 is 0. The molecule has 1 heterocycles. The molecule has 2 rings (SSSR count). The highest BCUT2D eigenvalue weighted by Gasteiger charge is 2.33. The molecule has 1 fully saturated rings. The molecule has 1 aliphatic carbocycles. The molecule has 0 aromatic carbocycles. The second kappa shape index (κ2) is 6.85. The van der Waals surface area contributed by atoms with E-state index in [1.54, 1.807) is 0 Å². The number of carbonyl (C=O) groups excluding carboxylic acids is 1. The first-order valence-electron chi connectivity index (χ1n) is 7.62. The minimum absolute atomic E-state index is 0.0622. The molecule has 0 spiro atoms. The number of aromatic nitrogens is 2. The topological polar surface area (TPSA) is 84.2 Å². The van der Waals surface area contributed by atoms with Crippen molar-refractivity contribution in [2.24, 2.45) is 0 Å². The normalized spacial score (nSPS) is 17.4. The lowest BCUT2D eigenvalue weighted by Gasteiger charge is -2.36. The SMILES string of the molecule is CCCn1nc(C(=O)NC2(CO)CCCCC2)ccc1=O. The van der Waals surface area contributed by atoms with Gasteiger partial charge in [-0.2, -0.15) is 5.10 Å². The van der Waals surface area contributed by atoms with E-state index in [9.17, 15) is 14.7 Å². The summed E-state index contributed by atoms with van der Waals surface area (Å²) in [5.41, 5.74) is -0.521. The second-order valence-electron chi connectivity index (χ2n) is 5.73. The predicted octanol–water partition coefficient (Wildman–Crippen LogP) is 1.08. The van der Waals surface area contributed by atoms with Gasteiger partial charge in [0, 0.05) is 12.6 Å². The molecule has 1 amide bonds. The van der Waals surface area contributed by atoms with Crippen molar-refractivity contribution in [3.63, 3.8) is 0 Å². The third-order valence-corrected chi connectivity index (χ3v) is 4.03. The molecule has 21 heavy (non-hydrogen) atoms. The van der Waals surface area contributed by atoms with Crippen LogP contribution in [0.3, 0.4) is 0 Å². The van der Waals surface area contributed by atoms with Crippen molar-refractivity contribution in [2.75, 3.05) is 6.61 Å². The highest BCUT2D eigenvalue weighted by Crippen LogP contribution is 2.27. The summed E-state index contributed by atoms with van der Waals surface area (Å²) in [7, 11) is 0. The van der Waals surface area contributed by atoms with Crippen LogP contribution in [0.15, 0.2) is 16.9 Å². The second-order valence-corrected chi connectivity index (χ2v) is 5.73. The Labute approximate surface area is 124 Å². The lowest BCUT2D eigenvalue weighted by molar-refractivity contribution is 0.0751. The number of nitrogens with zero attached hydrogens (tertiary/aromatic N) is 2. The van der Waals surface area contributed by atoms with Crippen molar-refractivity contribution in [1.82, 2.24) is 15.1 Å². The number of carbonyl (C=O) groups is 1. The van der Waals surface area contributed by atoms with Crippen LogP contribution in [0.5, 0.6) is 0 Å². The average Bonchev–Trinajstić information content (AvgIpc) is 2.50. The largest absolute Gasteiger partial charge is 0.394 e. The first-order valence-corrected chi connectivity index (χ1v) is 7.62. The van der Waals surface area contributed by atoms with Gasteiger partial charge >= 0.3 is 0 Å². The quantitative estimate of drug-likeness (QED) is 0.851. The van der Waals surface area contributed by atoms with Crippen LogP contribution in [0.25, 0.3) is 0 Å². The first-order chi connectivity index (χ1) is 10.1. The number of aliphatic hydroxyl groups excluding tert-OH is 1. The highest BCUT2D eigenvalue weighted by atomic mass is 16.3. The van der Waals surface area contributed by atoms with E-state index in [2.05, 4.69) is 10.4 Å². The summed E-state index contributed by atoms with van der Waals surface area (Å²) < 4.78 is 1.31. The summed E-state index contributed by atoms with van der Waals surface area (Å²) in [4.78, 5) is 24.0. The van der Waals surface area contributed by atoms with Crippen LogP contribution >= 0.6 is 0 Å². The molecule has 116 valence electrons. The van der Waals surface area contributed by atoms with Gasteiger partial charge in [0.25, 0.3) is 11.5 Å². The van der Waals surface area contributed by atoms with Gasteiger partial charge in [0.2, 0.25) is 0 Å². The fourth-order valence-corrected chi connectivity index (χ4v) is 2.80. The number of hydrogen-bond acceptors (Lipinski definition) is 4. The molecule has 0 bridgehead atoms. The van der Waals surface area contributed by atoms with E-state index in [0.717, 1.165) is 38.5 Å². The molecule has 1 saturated carbocycles. The van der Waals surface area contributed by atoms with E-state index in [4.69, 9.17) is 0 Å². The smallest absolute Gasteiger partial charge is 0.272 e. The minimum atomic E-state index is -0.539. The number of nitrogens with one attached hydrogen (secondary N) is 1. The molecular formula is C15H23N3O3. The summed E-state index contributed by atoms with van der Waals surface area (Å²) in [6.45, 7) is 2.38. The minimum Gasteiger partial charge on any atom is -0.394 e. The Hall–Kier alpha value is -1.69. The molecule has 2 N–H and O–H groups in total. The van der Waals surface area contributed by atoms with Gasteiger partial charge in [-0.1, -0.05) is 26.2 Å². The van der Waals surface area contributed by atoms with Crippen molar-refractivity contribution < 1.29 is 9.90 Å². The van der Waals surface area contributed by atoms with Gasteiger partial charge in [-0.05, 0) is 25.3 Å². The van der Waals surface area contributed by atoms with Crippen molar-refractivity contribution in [3.8, 4) is 0 Å². The number of amides is 1. The van der Waals surface area contributed by atoms with Crippen LogP contribution in [0.1, 0.15) is 55.9 Å². The van der Waals surface area contributed by atoms with E-state index in [-0.39, 0.29) is 23.8 Å². The van der Waals surface area contributed by atoms with Gasteiger partial charge in [-0.25, -0.2) is 4.68 Å². The monoisotopic (exact) mass is 293 g/mol. The molecule has 0 unspecified atom stereocenters. The molecule has 1 aromatic heterocycles. The first kappa shape index (κ1) is 15.7. The molecule has 1 aliphatic rings. The van der Waals surface area contributed by atoms with E-state index in [0.29, 0.717) is 6.54 Å². The van der Waals surface area contributed by atoms with Gasteiger partial charge in [0.05, 0.1) is 12.1 Å². The molecule has 6 nitrogen and oxygen atoms in total. The maximum atomic E-state index is 12.3. The molecule has 6 heteroatoms. The standard InChI is InChI=1S/C15H23N3O3/c1-2-10-18-13(20)7-6-12(17-18)14(21)16-15(11-19)8-4-3-5-9-15/h6-7,19H,2-5,8-11H2,1H3,(H,16,21). The third-order valence-electron chi connectivity index (χ3n) is 4.03. The predicted molar refractivity (Wildman–Crippen MR) is 79.2 cm³/mol. The Morgan fingerprint density at radius 1 is 1.38 bits per heavy atom. The molecule has 0 aliphatic heterocycles. The zero-order chi connectivity index (χ0) is 15.3. The van der Waals surface area contributed by atoms with Crippen molar-refractivity contribution >= 4 is 5.91 Å². The zero-order valence-electron chi connectivity index (χ0n) is 12.5. The van der Waals surface area contributed by atoms with Crippen molar-refractivity contribution in [1.29, 1.82) is 0 Å². The summed E-state index contributed by atoms with van der Waals surface area (Å²) in [5, 5.41) is 16.7. The third kappa shape index (κ3) is 3.69. The highest BCUT2D eigenvalue weighted by molar-refractivity contribution is 5.92.